The molecule has 5 heteroatoms. The van der Waals surface area contributed by atoms with Crippen LogP contribution in [0.5, 0.6) is 0 Å². The van der Waals surface area contributed by atoms with Gasteiger partial charge in [0.05, 0.1) is 12.2 Å². The lowest BCUT2D eigenvalue weighted by Crippen LogP contribution is -2.41. The first kappa shape index (κ1) is 17.6. The van der Waals surface area contributed by atoms with Crippen molar-refractivity contribution in [2.45, 2.75) is 39.0 Å². The first-order valence-electron chi connectivity index (χ1n) is 7.03. The number of hydrogen-bond donors (Lipinski definition) is 2. The zero-order valence-electron chi connectivity index (χ0n) is 12.8. The third-order valence-electron chi connectivity index (χ3n) is 3.17. The number of hydrogen-bond acceptors (Lipinski definition) is 3. The first-order valence-corrected chi connectivity index (χ1v) is 8.18. The van der Waals surface area contributed by atoms with Crippen molar-refractivity contribution in [1.29, 1.82) is 0 Å². The molecule has 0 spiro atoms. The van der Waals surface area contributed by atoms with E-state index in [9.17, 15) is 9.59 Å². The Morgan fingerprint density at radius 3 is 2.38 bits per heavy atom. The lowest BCUT2D eigenvalue weighted by molar-refractivity contribution is -0.138. The molecule has 0 aliphatic carbocycles. The summed E-state index contributed by atoms with van der Waals surface area (Å²) in [5.74, 6) is 0.232. The molecule has 2 N–H and O–H groups in total. The second-order valence-electron chi connectivity index (χ2n) is 5.49. The van der Waals surface area contributed by atoms with Crippen LogP contribution in [0.2, 0.25) is 0 Å². The minimum absolute atomic E-state index is 0.0357. The number of thioether (sulfide) groups is 1. The lowest BCUT2D eigenvalue weighted by atomic mass is 10.0. The van der Waals surface area contributed by atoms with E-state index in [1.165, 1.54) is 22.9 Å². The molecule has 0 heterocycles. The summed E-state index contributed by atoms with van der Waals surface area (Å²) in [7, 11) is 0. The van der Waals surface area contributed by atoms with Crippen LogP contribution < -0.4 is 5.32 Å². The van der Waals surface area contributed by atoms with Crippen LogP contribution >= 0.6 is 11.8 Å². The molecule has 4 nitrogen and oxygen atoms in total. The number of aryl methyl sites for hydroxylation is 1. The maximum absolute atomic E-state index is 11.9. The van der Waals surface area contributed by atoms with E-state index in [-0.39, 0.29) is 24.3 Å². The molecule has 1 unspecified atom stereocenters. The van der Waals surface area contributed by atoms with Crippen LogP contribution in [0.25, 0.3) is 0 Å². The zero-order chi connectivity index (χ0) is 15.8. The normalized spacial score (nSPS) is 12.2. The molecular weight excluding hydrogens is 286 g/mol. The average molecular weight is 309 g/mol. The van der Waals surface area contributed by atoms with Crippen molar-refractivity contribution in [1.82, 2.24) is 5.32 Å². The highest BCUT2D eigenvalue weighted by Crippen LogP contribution is 2.13. The van der Waals surface area contributed by atoms with Crippen LogP contribution in [-0.4, -0.2) is 28.8 Å². The van der Waals surface area contributed by atoms with Crippen LogP contribution in [-0.2, 0) is 15.3 Å². The summed E-state index contributed by atoms with van der Waals surface area (Å²) >= 11 is 1.53. The predicted octanol–water partition coefficient (Wildman–Crippen LogP) is 2.84. The Balaban J connectivity index is 2.35. The number of benzene rings is 1. The number of rotatable bonds is 8. The number of nitrogens with one attached hydrogen (secondary N) is 1. The molecule has 0 radical (unpaired) electrons. The Bertz CT molecular complexity index is 471. The van der Waals surface area contributed by atoms with E-state index in [1.807, 2.05) is 20.8 Å². The molecule has 0 aromatic heterocycles. The van der Waals surface area contributed by atoms with Crippen LogP contribution in [0.4, 0.5) is 0 Å². The molecule has 1 rings (SSSR count). The third-order valence-corrected chi connectivity index (χ3v) is 4.17. The standard InChI is InChI=1S/C16H23NO3S/c1-11(2)14(8-16(19)20)17-15(18)10-21-9-13-6-4-12(3)5-7-13/h4-7,11,14H,8-10H2,1-3H3,(H,17,18)(H,19,20). The van der Waals surface area contributed by atoms with Gasteiger partial charge >= 0.3 is 5.97 Å². The van der Waals surface area contributed by atoms with Crippen LogP contribution in [0.15, 0.2) is 24.3 Å². The molecule has 21 heavy (non-hydrogen) atoms. The van der Waals surface area contributed by atoms with E-state index in [0.717, 1.165) is 5.75 Å². The van der Waals surface area contributed by atoms with Gasteiger partial charge in [-0.3, -0.25) is 9.59 Å². The minimum Gasteiger partial charge on any atom is -0.481 e. The van der Waals surface area contributed by atoms with Crippen molar-refractivity contribution >= 4 is 23.6 Å². The van der Waals surface area contributed by atoms with Crippen LogP contribution in [0.3, 0.4) is 0 Å². The summed E-state index contributed by atoms with van der Waals surface area (Å²) in [4.78, 5) is 22.6. The Morgan fingerprint density at radius 1 is 1.24 bits per heavy atom. The molecular formula is C16H23NO3S. The van der Waals surface area contributed by atoms with E-state index < -0.39 is 5.97 Å². The Labute approximate surface area is 130 Å². The van der Waals surface area contributed by atoms with Gasteiger partial charge in [-0.1, -0.05) is 43.7 Å². The van der Waals surface area contributed by atoms with Crippen molar-refractivity contribution in [3.63, 3.8) is 0 Å². The van der Waals surface area contributed by atoms with Gasteiger partial charge < -0.3 is 10.4 Å². The minimum atomic E-state index is -0.888. The fourth-order valence-corrected chi connectivity index (χ4v) is 2.63. The van der Waals surface area contributed by atoms with Crippen molar-refractivity contribution in [2.75, 3.05) is 5.75 Å². The molecule has 0 aliphatic rings. The van der Waals surface area contributed by atoms with E-state index in [0.29, 0.717) is 5.75 Å². The molecule has 0 saturated heterocycles. The molecule has 1 amide bonds. The Hall–Kier alpha value is -1.49. The summed E-state index contributed by atoms with van der Waals surface area (Å²) in [6.45, 7) is 5.86. The second-order valence-corrected chi connectivity index (χ2v) is 6.48. The molecule has 1 aromatic rings. The van der Waals surface area contributed by atoms with Crippen molar-refractivity contribution < 1.29 is 14.7 Å². The molecule has 116 valence electrons. The fraction of sp³-hybridized carbons (Fsp3) is 0.500. The highest BCUT2D eigenvalue weighted by atomic mass is 32.2. The van der Waals surface area contributed by atoms with Gasteiger partial charge in [0.2, 0.25) is 5.91 Å². The van der Waals surface area contributed by atoms with Gasteiger partial charge in [0, 0.05) is 11.8 Å². The van der Waals surface area contributed by atoms with Crippen molar-refractivity contribution in [3.8, 4) is 0 Å². The van der Waals surface area contributed by atoms with Gasteiger partial charge in [0.1, 0.15) is 0 Å². The van der Waals surface area contributed by atoms with E-state index in [4.69, 9.17) is 5.11 Å². The maximum atomic E-state index is 11.9. The lowest BCUT2D eigenvalue weighted by Gasteiger charge is -2.20. The van der Waals surface area contributed by atoms with Gasteiger partial charge in [-0.25, -0.2) is 0 Å². The summed E-state index contributed by atoms with van der Waals surface area (Å²) in [5, 5.41) is 11.6. The molecule has 0 bridgehead atoms. The SMILES string of the molecule is Cc1ccc(CSCC(=O)NC(CC(=O)O)C(C)C)cc1. The van der Waals surface area contributed by atoms with Crippen molar-refractivity contribution in [2.24, 2.45) is 5.92 Å². The molecule has 0 fully saturated rings. The fourth-order valence-electron chi connectivity index (χ4n) is 1.84. The number of carboxylic acid groups (broad SMARTS) is 1. The number of carbonyl (C=O) groups is 2. The smallest absolute Gasteiger partial charge is 0.305 e. The predicted molar refractivity (Wildman–Crippen MR) is 86.4 cm³/mol. The summed E-state index contributed by atoms with van der Waals surface area (Å²) < 4.78 is 0. The molecule has 0 aliphatic heterocycles. The van der Waals surface area contributed by atoms with Gasteiger partial charge in [-0.05, 0) is 18.4 Å². The number of carbonyl (C=O) groups excluding carboxylic acids is 1. The highest BCUT2D eigenvalue weighted by molar-refractivity contribution is 7.99. The Kier molecular flexibility index (Phi) is 7.29. The zero-order valence-corrected chi connectivity index (χ0v) is 13.6. The summed E-state index contributed by atoms with van der Waals surface area (Å²) in [5.41, 5.74) is 2.40. The topological polar surface area (TPSA) is 66.4 Å². The van der Waals surface area contributed by atoms with E-state index >= 15 is 0 Å². The largest absolute Gasteiger partial charge is 0.481 e. The van der Waals surface area contributed by atoms with E-state index in [1.54, 1.807) is 0 Å². The number of amides is 1. The number of aliphatic carboxylic acids is 1. The first-order chi connectivity index (χ1) is 9.88. The Morgan fingerprint density at radius 2 is 1.86 bits per heavy atom. The summed E-state index contributed by atoms with van der Waals surface area (Å²) in [6.07, 6.45) is -0.0357. The quantitative estimate of drug-likeness (QED) is 0.775. The molecule has 1 aromatic carbocycles. The maximum Gasteiger partial charge on any atom is 0.305 e. The average Bonchev–Trinajstić information content (AvgIpc) is 2.39. The van der Waals surface area contributed by atoms with Crippen LogP contribution in [0.1, 0.15) is 31.4 Å². The van der Waals surface area contributed by atoms with Gasteiger partial charge in [-0.15, -0.1) is 11.8 Å². The highest BCUT2D eigenvalue weighted by Gasteiger charge is 2.19. The van der Waals surface area contributed by atoms with Gasteiger partial charge in [-0.2, -0.15) is 0 Å². The van der Waals surface area contributed by atoms with Crippen LogP contribution in [0, 0.1) is 12.8 Å². The van der Waals surface area contributed by atoms with E-state index in [2.05, 4.69) is 29.6 Å². The van der Waals surface area contributed by atoms with Crippen molar-refractivity contribution in [3.05, 3.63) is 35.4 Å². The van der Waals surface area contributed by atoms with Gasteiger partial charge in [0.15, 0.2) is 0 Å². The summed E-state index contributed by atoms with van der Waals surface area (Å²) in [6, 6.07) is 7.91. The number of carboxylic acids is 1. The van der Waals surface area contributed by atoms with Gasteiger partial charge in [0.25, 0.3) is 0 Å². The molecule has 1 atom stereocenters. The third kappa shape index (κ3) is 7.18. The molecule has 0 saturated carbocycles. The monoisotopic (exact) mass is 309 g/mol. The second kappa shape index (κ2) is 8.72.